The van der Waals surface area contributed by atoms with Crippen molar-refractivity contribution in [1.82, 2.24) is 10.2 Å². The summed E-state index contributed by atoms with van der Waals surface area (Å²) in [7, 11) is 1.68. The third-order valence-corrected chi connectivity index (χ3v) is 3.79. The van der Waals surface area contributed by atoms with E-state index in [0.717, 1.165) is 31.6 Å². The molecular weight excluding hydrogens is 302 g/mol. The predicted molar refractivity (Wildman–Crippen MR) is 90.2 cm³/mol. The van der Waals surface area contributed by atoms with Gasteiger partial charge in [-0.15, -0.1) is 12.4 Å². The molecule has 1 unspecified atom stereocenters. The molecule has 1 aliphatic rings. The lowest BCUT2D eigenvalue weighted by Gasteiger charge is -2.17. The fourth-order valence-corrected chi connectivity index (χ4v) is 2.50. The van der Waals surface area contributed by atoms with E-state index < -0.39 is 0 Å². The average Bonchev–Trinajstić information content (AvgIpc) is 2.98. The number of carbonyl (C=O) groups is 2. The maximum atomic E-state index is 12.0. The lowest BCUT2D eigenvalue weighted by molar-refractivity contribution is -0.133. The Kier molecular flexibility index (Phi) is 7.91. The number of para-hydroxylation sites is 1. The van der Waals surface area contributed by atoms with E-state index in [-0.39, 0.29) is 30.8 Å². The number of halogens is 1. The SMILES string of the molecule is CN(CC(=O)Nc1ccccc1)C(=O)CCC1CCNC1.Cl. The zero-order valence-electron chi connectivity index (χ0n) is 12.9. The molecule has 1 saturated heterocycles. The van der Waals surface area contributed by atoms with Gasteiger partial charge in [0.1, 0.15) is 0 Å². The molecule has 1 aromatic carbocycles. The quantitative estimate of drug-likeness (QED) is 0.839. The molecule has 5 nitrogen and oxygen atoms in total. The highest BCUT2D eigenvalue weighted by atomic mass is 35.5. The van der Waals surface area contributed by atoms with Crippen molar-refractivity contribution < 1.29 is 9.59 Å². The molecule has 1 atom stereocenters. The van der Waals surface area contributed by atoms with Crippen LogP contribution in [0.1, 0.15) is 19.3 Å². The van der Waals surface area contributed by atoms with E-state index in [1.807, 2.05) is 30.3 Å². The van der Waals surface area contributed by atoms with Crippen LogP contribution in [0.25, 0.3) is 0 Å². The van der Waals surface area contributed by atoms with E-state index >= 15 is 0 Å². The Labute approximate surface area is 137 Å². The second-order valence-corrected chi connectivity index (χ2v) is 5.56. The van der Waals surface area contributed by atoms with Gasteiger partial charge in [0.2, 0.25) is 11.8 Å². The third-order valence-electron chi connectivity index (χ3n) is 3.79. The first-order valence-corrected chi connectivity index (χ1v) is 7.44. The molecule has 0 aliphatic carbocycles. The van der Waals surface area contributed by atoms with Crippen LogP contribution in [-0.2, 0) is 9.59 Å². The minimum atomic E-state index is -0.167. The van der Waals surface area contributed by atoms with Crippen LogP contribution in [0.2, 0.25) is 0 Å². The molecule has 1 heterocycles. The molecule has 0 radical (unpaired) electrons. The number of nitrogens with one attached hydrogen (secondary N) is 2. The Bertz CT molecular complexity index is 476. The topological polar surface area (TPSA) is 61.4 Å². The first-order valence-electron chi connectivity index (χ1n) is 7.44. The van der Waals surface area contributed by atoms with E-state index in [1.54, 1.807) is 7.05 Å². The number of anilines is 1. The summed E-state index contributed by atoms with van der Waals surface area (Å²) < 4.78 is 0. The maximum absolute atomic E-state index is 12.0. The van der Waals surface area contributed by atoms with Crippen LogP contribution in [0.3, 0.4) is 0 Å². The van der Waals surface area contributed by atoms with Crippen molar-refractivity contribution in [2.24, 2.45) is 5.92 Å². The standard InChI is InChI=1S/C16H23N3O2.ClH/c1-19(16(21)8-7-13-9-10-17-11-13)12-15(20)18-14-5-3-2-4-6-14;/h2-6,13,17H,7-12H2,1H3,(H,18,20);1H. The lowest BCUT2D eigenvalue weighted by atomic mass is 10.0. The van der Waals surface area contributed by atoms with Gasteiger partial charge in [0.15, 0.2) is 0 Å². The van der Waals surface area contributed by atoms with Crippen LogP contribution in [-0.4, -0.2) is 43.4 Å². The summed E-state index contributed by atoms with van der Waals surface area (Å²) in [5.74, 6) is 0.463. The van der Waals surface area contributed by atoms with Crippen molar-refractivity contribution in [2.75, 3.05) is 32.0 Å². The number of rotatable bonds is 6. The summed E-state index contributed by atoms with van der Waals surface area (Å²) in [5.41, 5.74) is 0.750. The highest BCUT2D eigenvalue weighted by molar-refractivity contribution is 5.94. The summed E-state index contributed by atoms with van der Waals surface area (Å²) in [6.07, 6.45) is 2.56. The molecule has 1 fully saturated rings. The van der Waals surface area contributed by atoms with Gasteiger partial charge < -0.3 is 15.5 Å². The van der Waals surface area contributed by atoms with Crippen LogP contribution in [0.15, 0.2) is 30.3 Å². The smallest absolute Gasteiger partial charge is 0.243 e. The van der Waals surface area contributed by atoms with Crippen molar-refractivity contribution >= 4 is 29.9 Å². The fraction of sp³-hybridized carbons (Fsp3) is 0.500. The monoisotopic (exact) mass is 325 g/mol. The Hall–Kier alpha value is -1.59. The lowest BCUT2D eigenvalue weighted by Crippen LogP contribution is -2.35. The van der Waals surface area contributed by atoms with Gasteiger partial charge in [0, 0.05) is 19.2 Å². The number of amides is 2. The van der Waals surface area contributed by atoms with Gasteiger partial charge in [-0.1, -0.05) is 18.2 Å². The second-order valence-electron chi connectivity index (χ2n) is 5.56. The van der Waals surface area contributed by atoms with Gasteiger partial charge in [-0.3, -0.25) is 9.59 Å². The molecule has 2 rings (SSSR count). The van der Waals surface area contributed by atoms with Gasteiger partial charge in [0.05, 0.1) is 6.54 Å². The summed E-state index contributed by atoms with van der Waals surface area (Å²) >= 11 is 0. The van der Waals surface area contributed by atoms with E-state index in [2.05, 4.69) is 10.6 Å². The van der Waals surface area contributed by atoms with Gasteiger partial charge in [-0.25, -0.2) is 0 Å². The molecule has 1 aromatic rings. The van der Waals surface area contributed by atoms with Crippen molar-refractivity contribution in [1.29, 1.82) is 0 Å². The van der Waals surface area contributed by atoms with Crippen molar-refractivity contribution in [3.8, 4) is 0 Å². The summed E-state index contributed by atoms with van der Waals surface area (Å²) in [5, 5.41) is 6.08. The Balaban J connectivity index is 0.00000242. The summed E-state index contributed by atoms with van der Waals surface area (Å²) in [6, 6.07) is 9.27. The van der Waals surface area contributed by atoms with E-state index in [4.69, 9.17) is 0 Å². The third kappa shape index (κ3) is 6.03. The number of benzene rings is 1. The predicted octanol–water partition coefficient (Wildman–Crippen LogP) is 1.90. The molecular formula is C16H24ClN3O2. The highest BCUT2D eigenvalue weighted by Gasteiger charge is 2.18. The van der Waals surface area contributed by atoms with Crippen molar-refractivity contribution in [2.45, 2.75) is 19.3 Å². The largest absolute Gasteiger partial charge is 0.336 e. The molecule has 1 aliphatic heterocycles. The Morgan fingerprint density at radius 1 is 1.32 bits per heavy atom. The number of likely N-dealkylation sites (N-methyl/N-ethyl adjacent to an activating group) is 1. The Morgan fingerprint density at radius 3 is 2.68 bits per heavy atom. The number of hydrogen-bond acceptors (Lipinski definition) is 3. The van der Waals surface area contributed by atoms with Gasteiger partial charge in [-0.05, 0) is 44.0 Å². The summed E-state index contributed by atoms with van der Waals surface area (Å²) in [6.45, 7) is 2.15. The average molecular weight is 326 g/mol. The zero-order chi connectivity index (χ0) is 15.1. The number of hydrogen-bond donors (Lipinski definition) is 2. The highest BCUT2D eigenvalue weighted by Crippen LogP contribution is 2.15. The van der Waals surface area contributed by atoms with Crippen LogP contribution in [0.5, 0.6) is 0 Å². The van der Waals surface area contributed by atoms with Crippen LogP contribution in [0.4, 0.5) is 5.69 Å². The molecule has 0 aromatic heterocycles. The maximum Gasteiger partial charge on any atom is 0.243 e. The molecule has 22 heavy (non-hydrogen) atoms. The first-order chi connectivity index (χ1) is 10.1. The Morgan fingerprint density at radius 2 is 2.05 bits per heavy atom. The van der Waals surface area contributed by atoms with Gasteiger partial charge in [-0.2, -0.15) is 0 Å². The minimum absolute atomic E-state index is 0. The van der Waals surface area contributed by atoms with Crippen LogP contribution >= 0.6 is 12.4 Å². The molecule has 0 spiro atoms. The molecule has 2 N–H and O–H groups in total. The minimum Gasteiger partial charge on any atom is -0.336 e. The second kappa shape index (κ2) is 9.43. The molecule has 6 heteroatoms. The molecule has 0 saturated carbocycles. The van der Waals surface area contributed by atoms with Crippen molar-refractivity contribution in [3.63, 3.8) is 0 Å². The fourth-order valence-electron chi connectivity index (χ4n) is 2.50. The normalized spacial score (nSPS) is 16.7. The molecule has 0 bridgehead atoms. The van der Waals surface area contributed by atoms with Crippen LogP contribution in [0, 0.1) is 5.92 Å². The van der Waals surface area contributed by atoms with E-state index in [0.29, 0.717) is 12.3 Å². The zero-order valence-corrected chi connectivity index (χ0v) is 13.7. The molecule has 122 valence electrons. The summed E-state index contributed by atoms with van der Waals surface area (Å²) in [4.78, 5) is 25.4. The van der Waals surface area contributed by atoms with Crippen LogP contribution < -0.4 is 10.6 Å². The van der Waals surface area contributed by atoms with Gasteiger partial charge in [0.25, 0.3) is 0 Å². The van der Waals surface area contributed by atoms with E-state index in [1.165, 1.54) is 4.90 Å². The van der Waals surface area contributed by atoms with E-state index in [9.17, 15) is 9.59 Å². The number of nitrogens with zero attached hydrogens (tertiary/aromatic N) is 1. The number of carbonyl (C=O) groups excluding carboxylic acids is 2. The first kappa shape index (κ1) is 18.5. The van der Waals surface area contributed by atoms with Gasteiger partial charge >= 0.3 is 0 Å². The molecule has 2 amide bonds. The van der Waals surface area contributed by atoms with Crippen molar-refractivity contribution in [3.05, 3.63) is 30.3 Å².